The lowest BCUT2D eigenvalue weighted by molar-refractivity contribution is 0.306. The lowest BCUT2D eigenvalue weighted by Crippen LogP contribution is -2.33. The molecule has 0 aliphatic rings. The second-order valence-electron chi connectivity index (χ2n) is 4.09. The normalized spacial score (nSPS) is 11.3. The Morgan fingerprint density at radius 1 is 1.05 bits per heavy atom. The third kappa shape index (κ3) is 3.20. The van der Waals surface area contributed by atoms with E-state index in [2.05, 4.69) is 15.9 Å². The van der Waals surface area contributed by atoms with Gasteiger partial charge in [-0.1, -0.05) is 40.2 Å². The fourth-order valence-corrected chi connectivity index (χ4v) is 3.88. The molecule has 6 heteroatoms. The molecule has 0 radical (unpaired) electrons. The van der Waals surface area contributed by atoms with E-state index in [0.29, 0.717) is 10.2 Å². The largest absolute Gasteiger partial charge is 0.394 e. The number of hydrogen-bond donors (Lipinski definition) is 1. The van der Waals surface area contributed by atoms with Crippen LogP contribution in [0.2, 0.25) is 0 Å². The SMILES string of the molecule is O=S(=O)(c1cccc(Br)c1)N(CCO)c1ccccc1. The predicted molar refractivity (Wildman–Crippen MR) is 82.2 cm³/mol. The van der Waals surface area contributed by atoms with Crippen LogP contribution in [0.1, 0.15) is 0 Å². The number of rotatable bonds is 5. The van der Waals surface area contributed by atoms with Crippen LogP contribution in [-0.4, -0.2) is 26.7 Å². The summed E-state index contributed by atoms with van der Waals surface area (Å²) in [6.45, 7) is -0.235. The monoisotopic (exact) mass is 355 g/mol. The number of aliphatic hydroxyl groups excluding tert-OH is 1. The molecular weight excluding hydrogens is 342 g/mol. The molecular formula is C14H14BrNO3S. The zero-order chi connectivity index (χ0) is 14.6. The van der Waals surface area contributed by atoms with Gasteiger partial charge in [0.15, 0.2) is 0 Å². The Hall–Kier alpha value is -1.37. The van der Waals surface area contributed by atoms with Gasteiger partial charge in [-0.25, -0.2) is 8.42 Å². The third-order valence-electron chi connectivity index (χ3n) is 2.73. The van der Waals surface area contributed by atoms with Gasteiger partial charge < -0.3 is 5.11 Å². The summed E-state index contributed by atoms with van der Waals surface area (Å²) in [5, 5.41) is 9.15. The van der Waals surface area contributed by atoms with Crippen molar-refractivity contribution in [2.75, 3.05) is 17.5 Å². The molecule has 2 aromatic rings. The average molecular weight is 356 g/mol. The van der Waals surface area contributed by atoms with Gasteiger partial charge in [0.25, 0.3) is 10.0 Å². The topological polar surface area (TPSA) is 57.6 Å². The van der Waals surface area contributed by atoms with Crippen molar-refractivity contribution in [3.63, 3.8) is 0 Å². The van der Waals surface area contributed by atoms with Crippen molar-refractivity contribution >= 4 is 31.6 Å². The van der Waals surface area contributed by atoms with E-state index in [4.69, 9.17) is 5.11 Å². The fraction of sp³-hybridized carbons (Fsp3) is 0.143. The second kappa shape index (κ2) is 6.39. The minimum Gasteiger partial charge on any atom is -0.394 e. The summed E-state index contributed by atoms with van der Waals surface area (Å²) in [5.74, 6) is 0. The minimum absolute atomic E-state index is 0.0128. The lowest BCUT2D eigenvalue weighted by atomic mass is 10.3. The van der Waals surface area contributed by atoms with Gasteiger partial charge in [-0.15, -0.1) is 0 Å². The van der Waals surface area contributed by atoms with Crippen LogP contribution in [0.3, 0.4) is 0 Å². The van der Waals surface area contributed by atoms with Gasteiger partial charge >= 0.3 is 0 Å². The molecule has 0 atom stereocenters. The number of hydrogen-bond acceptors (Lipinski definition) is 3. The third-order valence-corrected chi connectivity index (χ3v) is 5.05. The number of para-hydroxylation sites is 1. The number of nitrogens with zero attached hydrogens (tertiary/aromatic N) is 1. The summed E-state index contributed by atoms with van der Waals surface area (Å²) in [6, 6.07) is 15.2. The molecule has 0 fully saturated rings. The first-order valence-electron chi connectivity index (χ1n) is 6.00. The summed E-state index contributed by atoms with van der Waals surface area (Å²) in [7, 11) is -3.70. The van der Waals surface area contributed by atoms with Gasteiger partial charge in [0.1, 0.15) is 0 Å². The van der Waals surface area contributed by atoms with E-state index in [9.17, 15) is 8.42 Å². The van der Waals surface area contributed by atoms with Crippen molar-refractivity contribution in [3.8, 4) is 0 Å². The van der Waals surface area contributed by atoms with Gasteiger partial charge in [-0.05, 0) is 30.3 Å². The number of sulfonamides is 1. The summed E-state index contributed by atoms with van der Waals surface area (Å²) in [4.78, 5) is 0.184. The second-order valence-corrected chi connectivity index (χ2v) is 6.87. The van der Waals surface area contributed by atoms with Gasteiger partial charge in [-0.2, -0.15) is 0 Å². The highest BCUT2D eigenvalue weighted by Crippen LogP contribution is 2.24. The van der Waals surface area contributed by atoms with Crippen LogP contribution in [0.5, 0.6) is 0 Å². The Morgan fingerprint density at radius 3 is 2.35 bits per heavy atom. The molecule has 0 spiro atoms. The molecule has 0 saturated heterocycles. The van der Waals surface area contributed by atoms with Crippen molar-refractivity contribution in [1.82, 2.24) is 0 Å². The van der Waals surface area contributed by atoms with E-state index in [1.165, 1.54) is 10.4 Å². The summed E-state index contributed by atoms with van der Waals surface area (Å²) >= 11 is 3.27. The van der Waals surface area contributed by atoms with Crippen molar-refractivity contribution in [2.45, 2.75) is 4.90 Å². The van der Waals surface area contributed by atoms with Crippen LogP contribution in [0.15, 0.2) is 64.0 Å². The smallest absolute Gasteiger partial charge is 0.264 e. The molecule has 0 bridgehead atoms. The van der Waals surface area contributed by atoms with Crippen molar-refractivity contribution in [3.05, 3.63) is 59.1 Å². The molecule has 2 rings (SSSR count). The van der Waals surface area contributed by atoms with Crippen LogP contribution in [0, 0.1) is 0 Å². The van der Waals surface area contributed by atoms with Gasteiger partial charge in [-0.3, -0.25) is 4.31 Å². The van der Waals surface area contributed by atoms with Crippen LogP contribution in [-0.2, 0) is 10.0 Å². The molecule has 106 valence electrons. The van der Waals surface area contributed by atoms with Gasteiger partial charge in [0.05, 0.1) is 23.7 Å². The maximum absolute atomic E-state index is 12.7. The first-order chi connectivity index (χ1) is 9.55. The molecule has 0 aliphatic carbocycles. The van der Waals surface area contributed by atoms with Gasteiger partial charge in [0, 0.05) is 4.47 Å². The van der Waals surface area contributed by atoms with E-state index >= 15 is 0 Å². The predicted octanol–water partition coefficient (Wildman–Crippen LogP) is 2.64. The molecule has 20 heavy (non-hydrogen) atoms. The maximum Gasteiger partial charge on any atom is 0.264 e. The summed E-state index contributed by atoms with van der Waals surface area (Å²) in [5.41, 5.74) is 0.529. The highest BCUT2D eigenvalue weighted by molar-refractivity contribution is 9.10. The lowest BCUT2D eigenvalue weighted by Gasteiger charge is -2.23. The zero-order valence-corrected chi connectivity index (χ0v) is 13.0. The van der Waals surface area contributed by atoms with E-state index < -0.39 is 10.0 Å². The van der Waals surface area contributed by atoms with Crippen LogP contribution in [0.4, 0.5) is 5.69 Å². The fourth-order valence-electron chi connectivity index (χ4n) is 1.83. The quantitative estimate of drug-likeness (QED) is 0.896. The average Bonchev–Trinajstić information content (AvgIpc) is 2.45. The standard InChI is InChI=1S/C14H14BrNO3S/c15-12-5-4-8-14(11-12)20(18,19)16(9-10-17)13-6-2-1-3-7-13/h1-8,11,17H,9-10H2. The maximum atomic E-state index is 12.7. The van der Waals surface area contributed by atoms with E-state index in [1.807, 2.05) is 6.07 Å². The Kier molecular flexibility index (Phi) is 4.80. The van der Waals surface area contributed by atoms with E-state index in [-0.39, 0.29) is 18.0 Å². The zero-order valence-electron chi connectivity index (χ0n) is 10.6. The molecule has 1 N–H and O–H groups in total. The summed E-state index contributed by atoms with van der Waals surface area (Å²) < 4.78 is 27.2. The number of benzene rings is 2. The van der Waals surface area contributed by atoms with Crippen LogP contribution in [0.25, 0.3) is 0 Å². The molecule has 0 saturated carbocycles. The molecule has 0 heterocycles. The molecule has 0 aliphatic heterocycles. The first kappa shape index (κ1) is 15.0. The van der Waals surface area contributed by atoms with Crippen molar-refractivity contribution < 1.29 is 13.5 Å². The van der Waals surface area contributed by atoms with E-state index in [0.717, 1.165) is 0 Å². The Morgan fingerprint density at radius 2 is 1.75 bits per heavy atom. The molecule has 2 aromatic carbocycles. The minimum atomic E-state index is -3.70. The highest BCUT2D eigenvalue weighted by atomic mass is 79.9. The summed E-state index contributed by atoms with van der Waals surface area (Å²) in [6.07, 6.45) is 0. The number of aliphatic hydroxyl groups is 1. The van der Waals surface area contributed by atoms with Gasteiger partial charge in [0.2, 0.25) is 0 Å². The molecule has 0 unspecified atom stereocenters. The van der Waals surface area contributed by atoms with E-state index in [1.54, 1.807) is 42.5 Å². The number of anilines is 1. The Bertz CT molecular complexity index is 674. The molecule has 4 nitrogen and oxygen atoms in total. The molecule has 0 amide bonds. The molecule has 0 aromatic heterocycles. The highest BCUT2D eigenvalue weighted by Gasteiger charge is 2.24. The van der Waals surface area contributed by atoms with Crippen molar-refractivity contribution in [1.29, 1.82) is 0 Å². The van der Waals surface area contributed by atoms with Crippen molar-refractivity contribution in [2.24, 2.45) is 0 Å². The number of halogens is 1. The van der Waals surface area contributed by atoms with Crippen LogP contribution >= 0.6 is 15.9 Å². The van der Waals surface area contributed by atoms with Crippen LogP contribution < -0.4 is 4.31 Å². The first-order valence-corrected chi connectivity index (χ1v) is 8.23. The Balaban J connectivity index is 2.48. The Labute approximate surface area is 126 Å².